The molecule has 0 spiro atoms. The number of hydrogen-bond donors (Lipinski definition) is 0. The van der Waals surface area contributed by atoms with Gasteiger partial charge in [0, 0.05) is 36.2 Å². The molecule has 1 atom stereocenters. The van der Waals surface area contributed by atoms with Crippen molar-refractivity contribution in [2.24, 2.45) is 5.92 Å². The third-order valence-electron chi connectivity index (χ3n) is 5.74. The monoisotopic (exact) mass is 350 g/mol. The van der Waals surface area contributed by atoms with Crippen LogP contribution in [0, 0.1) is 5.92 Å². The summed E-state index contributed by atoms with van der Waals surface area (Å²) < 4.78 is 5.33. The lowest BCUT2D eigenvalue weighted by atomic mass is 9.83. The van der Waals surface area contributed by atoms with Crippen LogP contribution in [0.25, 0.3) is 11.3 Å². The van der Waals surface area contributed by atoms with Crippen LogP contribution in [0.2, 0.25) is 0 Å². The first-order chi connectivity index (χ1) is 12.7. The Bertz CT molecular complexity index is 785. The van der Waals surface area contributed by atoms with Gasteiger partial charge in [-0.3, -0.25) is 9.78 Å². The number of rotatable bonds is 4. The molecule has 1 saturated heterocycles. The Labute approximate surface area is 155 Å². The van der Waals surface area contributed by atoms with Gasteiger partial charge in [-0.15, -0.1) is 0 Å². The summed E-state index contributed by atoms with van der Waals surface area (Å²) in [5.41, 5.74) is 3.12. The average molecular weight is 350 g/mol. The normalized spacial score (nSPS) is 20.5. The summed E-state index contributed by atoms with van der Waals surface area (Å²) in [5.74, 6) is 1.82. The first-order valence-electron chi connectivity index (χ1n) is 9.65. The zero-order valence-corrected chi connectivity index (χ0v) is 15.4. The highest BCUT2D eigenvalue weighted by Gasteiger charge is 2.32. The number of aromatic nitrogens is 1. The Hall–Kier alpha value is -2.36. The first kappa shape index (κ1) is 17.1. The van der Waals surface area contributed by atoms with E-state index in [1.54, 1.807) is 7.11 Å². The third kappa shape index (κ3) is 3.46. The van der Waals surface area contributed by atoms with Crippen LogP contribution < -0.4 is 4.74 Å². The molecule has 2 fully saturated rings. The lowest BCUT2D eigenvalue weighted by molar-refractivity contribution is -0.139. The number of ether oxygens (including phenoxy) is 1. The van der Waals surface area contributed by atoms with E-state index < -0.39 is 0 Å². The molecular formula is C22H26N2O2. The summed E-state index contributed by atoms with van der Waals surface area (Å²) in [6.45, 7) is 1.71. The van der Waals surface area contributed by atoms with Crippen LogP contribution in [0.4, 0.5) is 0 Å². The van der Waals surface area contributed by atoms with Crippen molar-refractivity contribution in [2.45, 2.75) is 38.0 Å². The van der Waals surface area contributed by atoms with Crippen LogP contribution in [0.3, 0.4) is 0 Å². The van der Waals surface area contributed by atoms with Crippen molar-refractivity contribution >= 4 is 5.91 Å². The molecule has 0 bridgehead atoms. The van der Waals surface area contributed by atoms with E-state index in [0.29, 0.717) is 11.8 Å². The van der Waals surface area contributed by atoms with E-state index in [4.69, 9.17) is 9.72 Å². The van der Waals surface area contributed by atoms with Gasteiger partial charge in [0.15, 0.2) is 0 Å². The number of piperidine rings is 1. The number of likely N-dealkylation sites (tertiary alicyclic amines) is 1. The van der Waals surface area contributed by atoms with E-state index in [2.05, 4.69) is 23.1 Å². The molecule has 4 nitrogen and oxygen atoms in total. The molecular weight excluding hydrogens is 324 g/mol. The van der Waals surface area contributed by atoms with Crippen LogP contribution in [0.15, 0.2) is 42.5 Å². The van der Waals surface area contributed by atoms with Crippen LogP contribution >= 0.6 is 0 Å². The second-order valence-corrected chi connectivity index (χ2v) is 7.43. The van der Waals surface area contributed by atoms with E-state index in [1.807, 2.05) is 24.3 Å². The Morgan fingerprint density at radius 1 is 1.12 bits per heavy atom. The summed E-state index contributed by atoms with van der Waals surface area (Å²) in [7, 11) is 1.68. The average Bonchev–Trinajstić information content (AvgIpc) is 2.67. The summed E-state index contributed by atoms with van der Waals surface area (Å²) in [6.07, 6.45) is 5.52. The number of hydrogen-bond acceptors (Lipinski definition) is 3. The van der Waals surface area contributed by atoms with Crippen molar-refractivity contribution in [1.82, 2.24) is 9.88 Å². The fraction of sp³-hybridized carbons (Fsp3) is 0.455. The Morgan fingerprint density at radius 2 is 1.96 bits per heavy atom. The molecule has 2 aromatic rings. The molecule has 136 valence electrons. The zero-order chi connectivity index (χ0) is 17.9. The van der Waals surface area contributed by atoms with Crippen LogP contribution in [0.5, 0.6) is 5.75 Å². The Balaban J connectivity index is 1.52. The minimum absolute atomic E-state index is 0.282. The maximum Gasteiger partial charge on any atom is 0.225 e. The van der Waals surface area contributed by atoms with E-state index in [-0.39, 0.29) is 5.92 Å². The highest BCUT2D eigenvalue weighted by molar-refractivity contribution is 5.79. The van der Waals surface area contributed by atoms with Crippen molar-refractivity contribution in [3.8, 4) is 17.0 Å². The molecule has 2 heterocycles. The number of nitrogens with zero attached hydrogens (tertiary/aromatic N) is 2. The molecule has 4 rings (SSSR count). The molecule has 0 N–H and O–H groups in total. The van der Waals surface area contributed by atoms with Crippen LogP contribution in [0.1, 0.15) is 43.7 Å². The smallest absolute Gasteiger partial charge is 0.225 e. The maximum absolute atomic E-state index is 12.6. The number of benzene rings is 1. The fourth-order valence-corrected chi connectivity index (χ4v) is 3.95. The second-order valence-electron chi connectivity index (χ2n) is 7.43. The quantitative estimate of drug-likeness (QED) is 0.827. The van der Waals surface area contributed by atoms with E-state index >= 15 is 0 Å². The van der Waals surface area contributed by atoms with Gasteiger partial charge in [-0.1, -0.05) is 24.6 Å². The predicted molar refractivity (Wildman–Crippen MR) is 102 cm³/mol. The zero-order valence-electron chi connectivity index (χ0n) is 15.4. The van der Waals surface area contributed by atoms with Crippen LogP contribution in [-0.2, 0) is 4.79 Å². The van der Waals surface area contributed by atoms with E-state index in [0.717, 1.165) is 61.5 Å². The van der Waals surface area contributed by atoms with Crippen molar-refractivity contribution in [3.63, 3.8) is 0 Å². The van der Waals surface area contributed by atoms with Crippen molar-refractivity contribution in [1.29, 1.82) is 0 Å². The van der Waals surface area contributed by atoms with Crippen molar-refractivity contribution in [3.05, 3.63) is 48.2 Å². The number of carbonyl (C=O) groups is 1. The molecule has 26 heavy (non-hydrogen) atoms. The maximum atomic E-state index is 12.6. The number of pyridine rings is 1. The summed E-state index contributed by atoms with van der Waals surface area (Å²) in [6, 6.07) is 14.2. The Kier molecular flexibility index (Phi) is 4.91. The molecule has 2 aliphatic rings. The lowest BCUT2D eigenvalue weighted by Crippen LogP contribution is -2.44. The van der Waals surface area contributed by atoms with E-state index in [9.17, 15) is 4.79 Å². The predicted octanol–water partition coefficient (Wildman–Crippen LogP) is 4.26. The lowest BCUT2D eigenvalue weighted by Gasteiger charge is -2.37. The van der Waals surface area contributed by atoms with Gasteiger partial charge in [-0.2, -0.15) is 0 Å². The Morgan fingerprint density at radius 3 is 2.73 bits per heavy atom. The van der Waals surface area contributed by atoms with Gasteiger partial charge in [0.1, 0.15) is 5.75 Å². The number of carbonyl (C=O) groups excluding carboxylic acids is 1. The minimum Gasteiger partial charge on any atom is -0.497 e. The van der Waals surface area contributed by atoms with Crippen molar-refractivity contribution < 1.29 is 9.53 Å². The molecule has 1 aromatic carbocycles. The van der Waals surface area contributed by atoms with Gasteiger partial charge < -0.3 is 9.64 Å². The summed E-state index contributed by atoms with van der Waals surface area (Å²) >= 11 is 0. The standard InChI is InChI=1S/C22H26N2O2/c1-26-19-10-3-8-17(14-19)20-11-4-12-21(23-20)18-9-5-13-24(15-18)22(25)16-6-2-7-16/h3-4,8,10-12,14,16,18H,2,5-7,9,13,15H2,1H3/t18-/m1/s1. The molecule has 1 saturated carbocycles. The van der Waals surface area contributed by atoms with E-state index in [1.165, 1.54) is 6.42 Å². The van der Waals surface area contributed by atoms with Gasteiger partial charge in [0.2, 0.25) is 5.91 Å². The van der Waals surface area contributed by atoms with Crippen LogP contribution in [-0.4, -0.2) is 36.0 Å². The number of methoxy groups -OCH3 is 1. The molecule has 4 heteroatoms. The highest BCUT2D eigenvalue weighted by Crippen LogP contribution is 2.33. The molecule has 0 radical (unpaired) electrons. The highest BCUT2D eigenvalue weighted by atomic mass is 16.5. The molecule has 1 amide bonds. The van der Waals surface area contributed by atoms with Gasteiger partial charge in [-0.05, 0) is 49.9 Å². The summed E-state index contributed by atoms with van der Waals surface area (Å²) in [5, 5.41) is 0. The topological polar surface area (TPSA) is 42.4 Å². The number of amides is 1. The molecule has 0 unspecified atom stereocenters. The van der Waals surface area contributed by atoms with Gasteiger partial charge in [0.05, 0.1) is 12.8 Å². The van der Waals surface area contributed by atoms with Gasteiger partial charge in [-0.25, -0.2) is 0 Å². The van der Waals surface area contributed by atoms with Gasteiger partial charge >= 0.3 is 0 Å². The molecule has 1 aromatic heterocycles. The molecule has 1 aliphatic carbocycles. The second kappa shape index (κ2) is 7.48. The van der Waals surface area contributed by atoms with Gasteiger partial charge in [0.25, 0.3) is 0 Å². The summed E-state index contributed by atoms with van der Waals surface area (Å²) in [4.78, 5) is 19.6. The largest absolute Gasteiger partial charge is 0.497 e. The SMILES string of the molecule is COc1cccc(-c2cccc([C@@H]3CCCN(C(=O)C4CCC4)C3)n2)c1. The molecule has 1 aliphatic heterocycles. The fourth-order valence-electron chi connectivity index (χ4n) is 3.95. The third-order valence-corrected chi connectivity index (χ3v) is 5.74. The first-order valence-corrected chi connectivity index (χ1v) is 9.65. The van der Waals surface area contributed by atoms with Crippen molar-refractivity contribution in [2.75, 3.05) is 20.2 Å². The minimum atomic E-state index is 0.282.